The number of rotatable bonds is 6. The van der Waals surface area contributed by atoms with Gasteiger partial charge in [0.15, 0.2) is 12.4 Å². The molecule has 0 heterocycles. The summed E-state index contributed by atoms with van der Waals surface area (Å²) in [7, 11) is 0. The first kappa shape index (κ1) is 24.1. The van der Waals surface area contributed by atoms with Crippen LogP contribution in [-0.4, -0.2) is 51.4 Å². The Morgan fingerprint density at radius 1 is 1.22 bits per heavy atom. The van der Waals surface area contributed by atoms with Crippen molar-refractivity contribution in [2.45, 2.75) is 83.3 Å². The molecule has 0 amide bonds. The zero-order chi connectivity index (χ0) is 23.3. The highest BCUT2D eigenvalue weighted by molar-refractivity contribution is 9.09. The number of aliphatic hydroxyl groups is 2. The van der Waals surface area contributed by atoms with Gasteiger partial charge >= 0.3 is 5.97 Å². The van der Waals surface area contributed by atoms with Gasteiger partial charge in [0.25, 0.3) is 0 Å². The Kier molecular flexibility index (Phi) is 6.49. The van der Waals surface area contributed by atoms with E-state index in [-0.39, 0.29) is 35.4 Å². The van der Waals surface area contributed by atoms with Crippen LogP contribution in [0.4, 0.5) is 0 Å². The van der Waals surface area contributed by atoms with Gasteiger partial charge in [0.05, 0.1) is 6.10 Å². The van der Waals surface area contributed by atoms with E-state index in [1.54, 1.807) is 6.08 Å². The lowest BCUT2D eigenvalue weighted by Gasteiger charge is -2.60. The van der Waals surface area contributed by atoms with Crippen LogP contribution in [0, 0.1) is 28.6 Å². The molecule has 178 valence electrons. The Morgan fingerprint density at radius 3 is 2.69 bits per heavy atom. The number of halogens is 1. The first-order chi connectivity index (χ1) is 15.1. The monoisotopic (exact) mass is 510 g/mol. The molecule has 4 rings (SSSR count). The molecule has 3 saturated carbocycles. The zero-order valence-corrected chi connectivity index (χ0v) is 20.7. The molecule has 0 aromatic carbocycles. The van der Waals surface area contributed by atoms with E-state index in [2.05, 4.69) is 22.9 Å². The van der Waals surface area contributed by atoms with Gasteiger partial charge in [-0.15, -0.1) is 0 Å². The minimum Gasteiger partial charge on any atom is -0.458 e. The second-order valence-electron chi connectivity index (χ2n) is 10.9. The van der Waals surface area contributed by atoms with Gasteiger partial charge in [0.1, 0.15) is 5.60 Å². The maximum Gasteiger partial charge on any atom is 0.306 e. The third-order valence-electron chi connectivity index (χ3n) is 9.39. The summed E-state index contributed by atoms with van der Waals surface area (Å²) in [5.41, 5.74) is -1.39. The van der Waals surface area contributed by atoms with Crippen LogP contribution in [0.3, 0.4) is 0 Å². The van der Waals surface area contributed by atoms with Gasteiger partial charge in [-0.25, -0.2) is 0 Å². The maximum atomic E-state index is 13.1. The Hall–Kier alpha value is -1.05. The quantitative estimate of drug-likeness (QED) is 0.418. The molecule has 7 atom stereocenters. The summed E-state index contributed by atoms with van der Waals surface area (Å²) in [6.45, 7) is 3.70. The highest BCUT2D eigenvalue weighted by Crippen LogP contribution is 2.67. The van der Waals surface area contributed by atoms with Gasteiger partial charge in [0, 0.05) is 23.6 Å². The van der Waals surface area contributed by atoms with Crippen molar-refractivity contribution in [3.8, 4) is 0 Å². The Morgan fingerprint density at radius 2 is 1.97 bits per heavy atom. The van der Waals surface area contributed by atoms with Crippen molar-refractivity contribution in [3.05, 3.63) is 11.6 Å². The summed E-state index contributed by atoms with van der Waals surface area (Å²) in [4.78, 5) is 37.0. The molecule has 32 heavy (non-hydrogen) atoms. The number of carbonyl (C=O) groups is 3. The molecule has 0 aromatic rings. The summed E-state index contributed by atoms with van der Waals surface area (Å²) < 4.78 is 5.17. The van der Waals surface area contributed by atoms with Crippen molar-refractivity contribution in [1.82, 2.24) is 0 Å². The van der Waals surface area contributed by atoms with Crippen molar-refractivity contribution in [2.24, 2.45) is 28.6 Å². The lowest BCUT2D eigenvalue weighted by Crippen LogP contribution is -2.62. The molecule has 2 N–H and O–H groups in total. The molecule has 0 unspecified atom stereocenters. The average molecular weight is 511 g/mol. The van der Waals surface area contributed by atoms with Gasteiger partial charge in [-0.05, 0) is 74.2 Å². The van der Waals surface area contributed by atoms with Crippen LogP contribution in [0.1, 0.15) is 71.6 Å². The summed E-state index contributed by atoms with van der Waals surface area (Å²) >= 11 is 3.27. The highest BCUT2D eigenvalue weighted by atomic mass is 79.9. The second kappa shape index (κ2) is 8.62. The van der Waals surface area contributed by atoms with Crippen LogP contribution in [0.2, 0.25) is 0 Å². The number of Topliss-reactive ketones (excluding diaryl/α,β-unsaturated/α-hetero) is 1. The fourth-order valence-corrected chi connectivity index (χ4v) is 7.98. The second-order valence-corrected chi connectivity index (χ2v) is 11.6. The number of ether oxygens (including phenoxy) is 1. The van der Waals surface area contributed by atoms with Crippen LogP contribution in [-0.2, 0) is 19.1 Å². The van der Waals surface area contributed by atoms with E-state index in [4.69, 9.17) is 4.74 Å². The third kappa shape index (κ3) is 3.63. The summed E-state index contributed by atoms with van der Waals surface area (Å²) in [5.74, 6) is -0.361. The number of carbonyl (C=O) groups excluding carboxylic acids is 3. The molecule has 3 fully saturated rings. The molecular weight excluding hydrogens is 476 g/mol. The van der Waals surface area contributed by atoms with Gasteiger partial charge < -0.3 is 14.9 Å². The Labute approximate surface area is 198 Å². The van der Waals surface area contributed by atoms with E-state index < -0.39 is 35.5 Å². The van der Waals surface area contributed by atoms with Crippen LogP contribution >= 0.6 is 15.9 Å². The number of alkyl halides is 1. The van der Waals surface area contributed by atoms with E-state index >= 15 is 0 Å². The van der Waals surface area contributed by atoms with E-state index in [1.165, 1.54) is 0 Å². The first-order valence-electron chi connectivity index (χ1n) is 12.0. The van der Waals surface area contributed by atoms with Gasteiger partial charge in [-0.1, -0.05) is 35.4 Å². The molecule has 0 saturated heterocycles. The Bertz CT molecular complexity index is 838. The number of esters is 1. The van der Waals surface area contributed by atoms with Crippen molar-refractivity contribution >= 4 is 33.5 Å². The van der Waals surface area contributed by atoms with Crippen molar-refractivity contribution in [3.63, 3.8) is 0 Å². The topological polar surface area (TPSA) is 101 Å². The first-order valence-corrected chi connectivity index (χ1v) is 13.1. The molecule has 0 spiro atoms. The molecule has 0 aromatic heterocycles. The Balaban J connectivity index is 1.55. The molecule has 4 aliphatic rings. The molecule has 0 radical (unpaired) electrons. The molecule has 4 aliphatic carbocycles. The van der Waals surface area contributed by atoms with E-state index in [9.17, 15) is 24.6 Å². The zero-order valence-electron chi connectivity index (χ0n) is 19.1. The average Bonchev–Trinajstić information content (AvgIpc) is 3.02. The molecular formula is C25H35BrO6. The van der Waals surface area contributed by atoms with Crippen LogP contribution < -0.4 is 0 Å². The van der Waals surface area contributed by atoms with Crippen molar-refractivity contribution in [2.75, 3.05) is 11.9 Å². The summed E-state index contributed by atoms with van der Waals surface area (Å²) in [6, 6.07) is 0. The van der Waals surface area contributed by atoms with Crippen LogP contribution in [0.25, 0.3) is 0 Å². The number of hydrogen-bond acceptors (Lipinski definition) is 6. The van der Waals surface area contributed by atoms with Gasteiger partial charge in [-0.3, -0.25) is 14.4 Å². The van der Waals surface area contributed by atoms with Crippen LogP contribution in [0.5, 0.6) is 0 Å². The van der Waals surface area contributed by atoms with Crippen molar-refractivity contribution < 1.29 is 29.3 Å². The predicted molar refractivity (Wildman–Crippen MR) is 122 cm³/mol. The van der Waals surface area contributed by atoms with Gasteiger partial charge in [0.2, 0.25) is 5.78 Å². The van der Waals surface area contributed by atoms with Crippen molar-refractivity contribution in [1.29, 1.82) is 0 Å². The molecule has 6 nitrogen and oxygen atoms in total. The lowest BCUT2D eigenvalue weighted by molar-refractivity contribution is -0.184. The highest BCUT2D eigenvalue weighted by Gasteiger charge is 2.68. The maximum absolute atomic E-state index is 13.1. The largest absolute Gasteiger partial charge is 0.458 e. The smallest absolute Gasteiger partial charge is 0.306 e. The molecule has 0 aliphatic heterocycles. The normalized spacial score (nSPS) is 43.0. The van der Waals surface area contributed by atoms with E-state index in [0.29, 0.717) is 31.0 Å². The fraction of sp³-hybridized carbons (Fsp3) is 0.800. The molecule has 0 bridgehead atoms. The third-order valence-corrected chi connectivity index (χ3v) is 9.95. The minimum absolute atomic E-state index is 0.0354. The number of hydrogen-bond donors (Lipinski definition) is 2. The number of aliphatic hydroxyl groups excluding tert-OH is 1. The summed E-state index contributed by atoms with van der Waals surface area (Å²) in [6.07, 6.45) is 6.38. The fourth-order valence-electron chi connectivity index (χ4n) is 7.70. The SMILES string of the molecule is C[C@]12CCC(=O)C=C1CC[C@@H]1[C@@H]2[C@@H](O)C[C@@]2(C)[C@H]1CC[C@]2(O)C(=O)COC(=O)CCCBr. The van der Waals surface area contributed by atoms with Gasteiger partial charge in [-0.2, -0.15) is 0 Å². The standard InChI is InChI=1S/C25H35BrO6/c1-23-9-7-16(27)12-15(23)5-6-17-18-8-10-25(31,24(18,2)13-19(28)22(17)23)20(29)14-32-21(30)4-3-11-26/h12,17-19,22,28,31H,3-11,13-14H2,1-2H3/t17-,18-,19-,22+,23-,24-,25-/m0/s1. The van der Waals surface area contributed by atoms with Crippen LogP contribution in [0.15, 0.2) is 11.6 Å². The summed E-state index contributed by atoms with van der Waals surface area (Å²) in [5, 5.41) is 23.7. The minimum atomic E-state index is -1.60. The molecule has 7 heteroatoms. The van der Waals surface area contributed by atoms with E-state index in [0.717, 1.165) is 31.3 Å². The lowest BCUT2D eigenvalue weighted by atomic mass is 9.45. The number of fused-ring (bicyclic) bond motifs is 5. The predicted octanol–water partition coefficient (Wildman–Crippen LogP) is 3.51. The van der Waals surface area contributed by atoms with E-state index in [1.807, 2.05) is 6.92 Å². The number of allylic oxidation sites excluding steroid dienone is 1. The number of ketones is 2.